The summed E-state index contributed by atoms with van der Waals surface area (Å²) in [5.41, 5.74) is 0.913. The van der Waals surface area contributed by atoms with Gasteiger partial charge in [-0.15, -0.1) is 0 Å². The van der Waals surface area contributed by atoms with Gasteiger partial charge in [-0.3, -0.25) is 16.1 Å². The van der Waals surface area contributed by atoms with Crippen molar-refractivity contribution in [3.05, 3.63) is 0 Å². The lowest BCUT2D eigenvalue weighted by Crippen LogP contribution is -2.50. The average molecular weight is 247 g/mol. The zero-order valence-electron chi connectivity index (χ0n) is 10.6. The molecule has 2 atom stereocenters. The zero-order chi connectivity index (χ0) is 13.6. The molecule has 0 aliphatic rings. The van der Waals surface area contributed by atoms with Crippen LogP contribution in [0.3, 0.4) is 0 Å². The maximum atomic E-state index is 11.4. The summed E-state index contributed by atoms with van der Waals surface area (Å²) >= 11 is 0. The van der Waals surface area contributed by atoms with Crippen LogP contribution in [0.15, 0.2) is 0 Å². The highest BCUT2D eigenvalue weighted by Gasteiger charge is 2.25. The van der Waals surface area contributed by atoms with Crippen LogP contribution in [-0.2, 0) is 4.74 Å². The van der Waals surface area contributed by atoms with E-state index in [1.54, 1.807) is 33.2 Å². The van der Waals surface area contributed by atoms with Crippen LogP contribution >= 0.6 is 0 Å². The molecule has 7 nitrogen and oxygen atoms in total. The molecule has 0 aromatic carbocycles. The van der Waals surface area contributed by atoms with E-state index in [0.717, 1.165) is 0 Å². The molecule has 0 saturated carbocycles. The van der Waals surface area contributed by atoms with Crippen LogP contribution in [-0.4, -0.2) is 40.0 Å². The first kappa shape index (κ1) is 15.7. The van der Waals surface area contributed by atoms with Crippen LogP contribution in [0.4, 0.5) is 4.79 Å². The number of aliphatic hydroxyl groups is 1. The number of ether oxygens (including phenoxy) is 1. The van der Waals surface area contributed by atoms with E-state index in [-0.39, 0.29) is 0 Å². The van der Waals surface area contributed by atoms with Gasteiger partial charge in [0.25, 0.3) is 0 Å². The summed E-state index contributed by atoms with van der Waals surface area (Å²) < 4.78 is 5.02. The Bertz CT molecular complexity index is 275. The number of nitrogens with one attached hydrogen (secondary N) is 3. The molecule has 0 aliphatic heterocycles. The van der Waals surface area contributed by atoms with E-state index in [0.29, 0.717) is 6.42 Å². The fourth-order valence-electron chi connectivity index (χ4n) is 1.13. The molecular weight excluding hydrogens is 226 g/mol. The Balaban J connectivity index is 4.40. The van der Waals surface area contributed by atoms with Crippen molar-refractivity contribution < 1.29 is 19.8 Å². The summed E-state index contributed by atoms with van der Waals surface area (Å²) in [5.74, 6) is -0.479. The van der Waals surface area contributed by atoms with Gasteiger partial charge in [0.2, 0.25) is 0 Å². The lowest BCUT2D eigenvalue weighted by Gasteiger charge is -2.25. The second-order valence-corrected chi connectivity index (χ2v) is 4.63. The van der Waals surface area contributed by atoms with E-state index in [1.807, 2.05) is 0 Å². The van der Waals surface area contributed by atoms with Gasteiger partial charge in [-0.1, -0.05) is 6.92 Å². The fourth-order valence-corrected chi connectivity index (χ4v) is 1.13. The topological polar surface area (TPSA) is 115 Å². The fraction of sp³-hybridized carbons (Fsp3) is 0.800. The lowest BCUT2D eigenvalue weighted by atomic mass is 10.1. The molecule has 0 aromatic rings. The molecule has 5 N–H and O–H groups in total. The smallest absolute Gasteiger partial charge is 0.407 e. The van der Waals surface area contributed by atoms with Gasteiger partial charge in [0, 0.05) is 0 Å². The lowest BCUT2D eigenvalue weighted by molar-refractivity contribution is 0.0454. The standard InChI is InChI=1S/C10H21N3O4/c1-5-6(7(14)8(11)13-16)12-9(15)17-10(2,3)4/h6-7,14,16H,5H2,1-4H3,(H2,11,13)(H,12,15)/t6?,7-/m0/s1. The Labute approximate surface area is 101 Å². The van der Waals surface area contributed by atoms with Crippen LogP contribution in [0.5, 0.6) is 0 Å². The van der Waals surface area contributed by atoms with Crippen molar-refractivity contribution in [3.63, 3.8) is 0 Å². The van der Waals surface area contributed by atoms with E-state index in [2.05, 4.69) is 5.32 Å². The number of hydrogen-bond donors (Lipinski definition) is 5. The van der Waals surface area contributed by atoms with E-state index >= 15 is 0 Å². The van der Waals surface area contributed by atoms with Gasteiger partial charge in [-0.05, 0) is 27.2 Å². The summed E-state index contributed by atoms with van der Waals surface area (Å²) in [4.78, 5) is 11.4. The number of aliphatic hydroxyl groups excluding tert-OH is 1. The highest BCUT2D eigenvalue weighted by molar-refractivity contribution is 5.83. The first-order chi connectivity index (χ1) is 7.71. The first-order valence-electron chi connectivity index (χ1n) is 5.37. The molecule has 1 unspecified atom stereocenters. The highest BCUT2D eigenvalue weighted by atomic mass is 16.6. The molecular formula is C10H21N3O4. The Morgan fingerprint density at radius 1 is 1.47 bits per heavy atom. The number of rotatable bonds is 4. The van der Waals surface area contributed by atoms with Crippen LogP contribution in [0, 0.1) is 5.41 Å². The Morgan fingerprint density at radius 2 is 2.00 bits per heavy atom. The molecule has 0 radical (unpaired) electrons. The molecule has 1 amide bonds. The predicted molar refractivity (Wildman–Crippen MR) is 62.1 cm³/mol. The minimum Gasteiger partial charge on any atom is -0.444 e. The van der Waals surface area contributed by atoms with Crippen LogP contribution in [0.1, 0.15) is 34.1 Å². The molecule has 0 fully saturated rings. The van der Waals surface area contributed by atoms with Gasteiger partial charge in [0.15, 0.2) is 0 Å². The largest absolute Gasteiger partial charge is 0.444 e. The predicted octanol–water partition coefficient (Wildman–Crippen LogP) is 0.607. The molecule has 0 aliphatic carbocycles. The summed E-state index contributed by atoms with van der Waals surface area (Å²) in [5, 5.41) is 27.7. The minimum atomic E-state index is -1.31. The van der Waals surface area contributed by atoms with Crippen molar-refractivity contribution in [1.29, 1.82) is 5.41 Å². The number of amidine groups is 1. The van der Waals surface area contributed by atoms with Gasteiger partial charge >= 0.3 is 6.09 Å². The summed E-state index contributed by atoms with van der Waals surface area (Å²) in [6, 6.07) is -0.697. The zero-order valence-corrected chi connectivity index (χ0v) is 10.6. The summed E-state index contributed by atoms with van der Waals surface area (Å²) in [7, 11) is 0. The number of alkyl carbamates (subject to hydrolysis) is 1. The van der Waals surface area contributed by atoms with Gasteiger partial charge in [0.1, 0.15) is 17.5 Å². The summed E-state index contributed by atoms with van der Waals surface area (Å²) in [6.45, 7) is 6.90. The van der Waals surface area contributed by atoms with Crippen LogP contribution in [0.2, 0.25) is 0 Å². The molecule has 0 rings (SSSR count). The number of hydrogen-bond acceptors (Lipinski definition) is 5. The number of amides is 1. The van der Waals surface area contributed by atoms with Crippen molar-refractivity contribution in [2.24, 2.45) is 0 Å². The van der Waals surface area contributed by atoms with Crippen molar-refractivity contribution in [2.75, 3.05) is 0 Å². The van der Waals surface area contributed by atoms with E-state index in [9.17, 15) is 9.90 Å². The monoisotopic (exact) mass is 247 g/mol. The second-order valence-electron chi connectivity index (χ2n) is 4.63. The molecule has 0 heterocycles. The maximum absolute atomic E-state index is 11.4. The first-order valence-corrected chi connectivity index (χ1v) is 5.37. The Kier molecular flexibility index (Phi) is 5.90. The van der Waals surface area contributed by atoms with E-state index in [1.165, 1.54) is 0 Å². The quantitative estimate of drug-likeness (QED) is 0.283. The Morgan fingerprint density at radius 3 is 2.35 bits per heavy atom. The van der Waals surface area contributed by atoms with E-state index in [4.69, 9.17) is 15.4 Å². The van der Waals surface area contributed by atoms with Crippen molar-refractivity contribution in [2.45, 2.75) is 51.9 Å². The SMILES string of the molecule is CCC(NC(=O)OC(C)(C)C)[C@H](O)C(=N)NO. The highest BCUT2D eigenvalue weighted by Crippen LogP contribution is 2.08. The number of carbonyl (C=O) groups excluding carboxylic acids is 1. The van der Waals surface area contributed by atoms with Gasteiger partial charge in [-0.25, -0.2) is 4.79 Å². The third kappa shape index (κ3) is 6.08. The summed E-state index contributed by atoms with van der Waals surface area (Å²) in [6.07, 6.45) is -1.59. The van der Waals surface area contributed by atoms with Gasteiger partial charge in [0.05, 0.1) is 6.04 Å². The third-order valence-electron chi connectivity index (χ3n) is 1.94. The number of carbonyl (C=O) groups is 1. The van der Waals surface area contributed by atoms with Crippen molar-refractivity contribution in [1.82, 2.24) is 10.8 Å². The average Bonchev–Trinajstić information content (AvgIpc) is 2.21. The molecule has 0 aromatic heterocycles. The third-order valence-corrected chi connectivity index (χ3v) is 1.94. The van der Waals surface area contributed by atoms with Crippen LogP contribution < -0.4 is 10.8 Å². The molecule has 0 bridgehead atoms. The molecule has 17 heavy (non-hydrogen) atoms. The van der Waals surface area contributed by atoms with Gasteiger partial charge in [-0.2, -0.15) is 0 Å². The van der Waals surface area contributed by atoms with Gasteiger partial charge < -0.3 is 15.2 Å². The minimum absolute atomic E-state index is 0.393. The maximum Gasteiger partial charge on any atom is 0.407 e. The second kappa shape index (κ2) is 6.41. The van der Waals surface area contributed by atoms with Crippen molar-refractivity contribution >= 4 is 11.9 Å². The normalized spacial score (nSPS) is 14.7. The van der Waals surface area contributed by atoms with E-state index < -0.39 is 29.7 Å². The molecule has 0 spiro atoms. The molecule has 0 saturated heterocycles. The molecule has 100 valence electrons. The number of hydroxylamine groups is 1. The van der Waals surface area contributed by atoms with Crippen LogP contribution in [0.25, 0.3) is 0 Å². The Hall–Kier alpha value is -1.34. The van der Waals surface area contributed by atoms with Crippen molar-refractivity contribution in [3.8, 4) is 0 Å². The molecule has 7 heteroatoms.